The number of amides is 1. The number of carbonyl (C=O) groups is 1. The van der Waals surface area contributed by atoms with Crippen LogP contribution < -0.4 is 5.32 Å². The minimum Gasteiger partial charge on any atom is -0.347 e. The SMILES string of the molecule is O=C(NCc1ccccc1)c1cc([N+](=O)[O-])cn1-c1ccccc1. The van der Waals surface area contributed by atoms with Gasteiger partial charge in [0.1, 0.15) is 5.69 Å². The Bertz CT molecular complexity index is 858. The van der Waals surface area contributed by atoms with Crippen molar-refractivity contribution in [2.45, 2.75) is 6.54 Å². The number of benzene rings is 2. The highest BCUT2D eigenvalue weighted by Crippen LogP contribution is 2.21. The molecule has 0 atom stereocenters. The molecule has 0 aliphatic heterocycles. The van der Waals surface area contributed by atoms with Gasteiger partial charge in [-0.1, -0.05) is 48.5 Å². The van der Waals surface area contributed by atoms with Crippen LogP contribution in [0.3, 0.4) is 0 Å². The normalized spacial score (nSPS) is 10.3. The van der Waals surface area contributed by atoms with Gasteiger partial charge in [0, 0.05) is 18.3 Å². The molecule has 2 aromatic carbocycles. The number of rotatable bonds is 5. The Morgan fingerprint density at radius 3 is 2.29 bits per heavy atom. The molecule has 0 radical (unpaired) electrons. The molecule has 6 heteroatoms. The lowest BCUT2D eigenvalue weighted by molar-refractivity contribution is -0.384. The Morgan fingerprint density at radius 1 is 1.04 bits per heavy atom. The molecule has 1 aromatic heterocycles. The lowest BCUT2D eigenvalue weighted by atomic mass is 10.2. The van der Waals surface area contributed by atoms with Crippen molar-refractivity contribution < 1.29 is 9.72 Å². The van der Waals surface area contributed by atoms with Gasteiger partial charge in [0.25, 0.3) is 11.6 Å². The summed E-state index contributed by atoms with van der Waals surface area (Å²) in [6.45, 7) is 0.355. The topological polar surface area (TPSA) is 77.2 Å². The Kier molecular flexibility index (Phi) is 4.38. The van der Waals surface area contributed by atoms with Gasteiger partial charge in [-0.05, 0) is 17.7 Å². The Morgan fingerprint density at radius 2 is 1.67 bits per heavy atom. The van der Waals surface area contributed by atoms with Crippen molar-refractivity contribution in [1.82, 2.24) is 9.88 Å². The zero-order valence-electron chi connectivity index (χ0n) is 12.8. The molecule has 120 valence electrons. The summed E-state index contributed by atoms with van der Waals surface area (Å²) in [6, 6.07) is 19.8. The molecular weight excluding hydrogens is 306 g/mol. The van der Waals surface area contributed by atoms with Crippen molar-refractivity contribution in [3.05, 3.63) is 94.3 Å². The second-order valence-electron chi connectivity index (χ2n) is 5.21. The third-order valence-corrected chi connectivity index (χ3v) is 3.58. The summed E-state index contributed by atoms with van der Waals surface area (Å²) < 4.78 is 1.53. The number of nitrogens with zero attached hydrogens (tertiary/aromatic N) is 2. The second-order valence-corrected chi connectivity index (χ2v) is 5.21. The molecule has 3 aromatic rings. The van der Waals surface area contributed by atoms with E-state index in [2.05, 4.69) is 5.32 Å². The molecule has 0 unspecified atom stereocenters. The number of carbonyl (C=O) groups excluding carboxylic acids is 1. The summed E-state index contributed by atoms with van der Waals surface area (Å²) in [6.07, 6.45) is 1.35. The number of para-hydroxylation sites is 1. The molecule has 0 saturated heterocycles. The van der Waals surface area contributed by atoms with Crippen molar-refractivity contribution in [3.8, 4) is 5.69 Å². The summed E-state index contributed by atoms with van der Waals surface area (Å²) in [5.41, 5.74) is 1.75. The molecule has 1 N–H and O–H groups in total. The van der Waals surface area contributed by atoms with Crippen molar-refractivity contribution in [3.63, 3.8) is 0 Å². The van der Waals surface area contributed by atoms with Crippen LogP contribution in [-0.2, 0) is 6.54 Å². The van der Waals surface area contributed by atoms with Crippen LogP contribution in [0.25, 0.3) is 5.69 Å². The van der Waals surface area contributed by atoms with Crippen molar-refractivity contribution >= 4 is 11.6 Å². The number of aromatic nitrogens is 1. The predicted molar refractivity (Wildman–Crippen MR) is 90.0 cm³/mol. The van der Waals surface area contributed by atoms with Crippen molar-refractivity contribution in [2.24, 2.45) is 0 Å². The standard InChI is InChI=1S/C18H15N3O3/c22-18(19-12-14-7-3-1-4-8-14)17-11-16(21(23)24)13-20(17)15-9-5-2-6-10-15/h1-11,13H,12H2,(H,19,22). The van der Waals surface area contributed by atoms with Crippen LogP contribution in [0.4, 0.5) is 5.69 Å². The van der Waals surface area contributed by atoms with E-state index in [1.165, 1.54) is 16.8 Å². The zero-order chi connectivity index (χ0) is 16.9. The summed E-state index contributed by atoms with van der Waals surface area (Å²) in [4.78, 5) is 23.0. The minimum atomic E-state index is -0.507. The maximum atomic E-state index is 12.5. The van der Waals surface area contributed by atoms with Crippen molar-refractivity contribution in [1.29, 1.82) is 0 Å². The minimum absolute atomic E-state index is 0.122. The molecular formula is C18H15N3O3. The number of hydrogen-bond acceptors (Lipinski definition) is 3. The summed E-state index contributed by atoms with van der Waals surface area (Å²) in [5, 5.41) is 13.9. The highest BCUT2D eigenvalue weighted by Gasteiger charge is 2.20. The average molecular weight is 321 g/mol. The highest BCUT2D eigenvalue weighted by molar-refractivity contribution is 5.94. The first-order valence-electron chi connectivity index (χ1n) is 7.39. The van der Waals surface area contributed by atoms with E-state index in [4.69, 9.17) is 0 Å². The molecule has 0 bridgehead atoms. The van der Waals surface area contributed by atoms with Gasteiger partial charge in [-0.15, -0.1) is 0 Å². The molecule has 1 amide bonds. The van der Waals surface area contributed by atoms with Crippen molar-refractivity contribution in [2.75, 3.05) is 0 Å². The van der Waals surface area contributed by atoms with Crippen LogP contribution in [0.15, 0.2) is 72.9 Å². The van der Waals surface area contributed by atoms with E-state index in [0.717, 1.165) is 5.56 Å². The van der Waals surface area contributed by atoms with Gasteiger partial charge in [0.05, 0.1) is 11.1 Å². The first kappa shape index (κ1) is 15.5. The maximum absolute atomic E-state index is 12.5. The van der Waals surface area contributed by atoms with Crippen LogP contribution >= 0.6 is 0 Å². The molecule has 6 nitrogen and oxygen atoms in total. The van der Waals surface area contributed by atoms with Gasteiger partial charge in [-0.3, -0.25) is 14.9 Å². The summed E-state index contributed by atoms with van der Waals surface area (Å²) >= 11 is 0. The molecule has 0 aliphatic carbocycles. The Hall–Kier alpha value is -3.41. The van der Waals surface area contributed by atoms with Crippen LogP contribution in [-0.4, -0.2) is 15.4 Å². The lowest BCUT2D eigenvalue weighted by Crippen LogP contribution is -2.25. The van der Waals surface area contributed by atoms with Crippen LogP contribution in [0.1, 0.15) is 16.1 Å². The van der Waals surface area contributed by atoms with E-state index in [0.29, 0.717) is 12.2 Å². The fourth-order valence-corrected chi connectivity index (χ4v) is 2.39. The van der Waals surface area contributed by atoms with Gasteiger partial charge >= 0.3 is 0 Å². The summed E-state index contributed by atoms with van der Waals surface area (Å²) in [7, 11) is 0. The van der Waals surface area contributed by atoms with Crippen LogP contribution in [0.2, 0.25) is 0 Å². The predicted octanol–water partition coefficient (Wildman–Crippen LogP) is 3.32. The molecule has 24 heavy (non-hydrogen) atoms. The van der Waals surface area contributed by atoms with Gasteiger partial charge < -0.3 is 9.88 Å². The number of hydrogen-bond donors (Lipinski definition) is 1. The van der Waals surface area contributed by atoms with E-state index in [-0.39, 0.29) is 17.3 Å². The monoisotopic (exact) mass is 321 g/mol. The van der Waals surface area contributed by atoms with E-state index in [1.54, 1.807) is 12.1 Å². The largest absolute Gasteiger partial charge is 0.347 e. The van der Waals surface area contributed by atoms with Crippen LogP contribution in [0, 0.1) is 10.1 Å². The average Bonchev–Trinajstić information content (AvgIpc) is 3.07. The first-order chi connectivity index (χ1) is 11.6. The molecule has 0 aliphatic rings. The van der Waals surface area contributed by atoms with E-state index < -0.39 is 4.92 Å². The second kappa shape index (κ2) is 6.78. The zero-order valence-corrected chi connectivity index (χ0v) is 12.8. The molecule has 3 rings (SSSR count). The smallest absolute Gasteiger partial charge is 0.288 e. The van der Waals surface area contributed by atoms with E-state index in [1.807, 2.05) is 48.5 Å². The fraction of sp³-hybridized carbons (Fsp3) is 0.0556. The summed E-state index contributed by atoms with van der Waals surface area (Å²) in [5.74, 6) is -0.365. The van der Waals surface area contributed by atoms with E-state index in [9.17, 15) is 14.9 Å². The number of nitro groups is 1. The van der Waals surface area contributed by atoms with E-state index >= 15 is 0 Å². The third kappa shape index (κ3) is 3.33. The molecule has 0 fully saturated rings. The van der Waals surface area contributed by atoms with Gasteiger partial charge in [0.2, 0.25) is 0 Å². The third-order valence-electron chi connectivity index (χ3n) is 3.58. The van der Waals surface area contributed by atoms with Gasteiger partial charge in [0.15, 0.2) is 0 Å². The molecule has 0 saturated carbocycles. The fourth-order valence-electron chi connectivity index (χ4n) is 2.39. The Balaban J connectivity index is 1.88. The highest BCUT2D eigenvalue weighted by atomic mass is 16.6. The first-order valence-corrected chi connectivity index (χ1v) is 7.39. The molecule has 0 spiro atoms. The van der Waals surface area contributed by atoms with Crippen LogP contribution in [0.5, 0.6) is 0 Å². The van der Waals surface area contributed by atoms with Gasteiger partial charge in [-0.25, -0.2) is 0 Å². The number of nitrogens with one attached hydrogen (secondary N) is 1. The molecule has 1 heterocycles. The Labute approximate surface area is 138 Å². The van der Waals surface area contributed by atoms with Gasteiger partial charge in [-0.2, -0.15) is 0 Å². The lowest BCUT2D eigenvalue weighted by Gasteiger charge is -2.09. The maximum Gasteiger partial charge on any atom is 0.288 e. The quantitative estimate of drug-likeness (QED) is 0.578.